The highest BCUT2D eigenvalue weighted by Gasteiger charge is 2.27. The number of nitrogens with two attached hydrogens (primary N) is 1. The van der Waals surface area contributed by atoms with E-state index in [1.54, 1.807) is 11.3 Å². The van der Waals surface area contributed by atoms with Gasteiger partial charge in [0.15, 0.2) is 0 Å². The minimum absolute atomic E-state index is 0.236. The van der Waals surface area contributed by atoms with Crippen LogP contribution in [0.1, 0.15) is 24.9 Å². The SMILES string of the molecule is CCC(C(=O)OC)C(N)c1csc2ccccc12. The molecule has 2 aromatic rings. The third-order valence-corrected chi connectivity index (χ3v) is 4.23. The molecule has 0 radical (unpaired) electrons. The number of ether oxygens (including phenoxy) is 1. The Morgan fingerprint density at radius 1 is 1.44 bits per heavy atom. The summed E-state index contributed by atoms with van der Waals surface area (Å²) in [7, 11) is 1.41. The average Bonchev–Trinajstić information content (AvgIpc) is 2.82. The van der Waals surface area contributed by atoms with E-state index in [4.69, 9.17) is 10.5 Å². The Balaban J connectivity index is 2.38. The first-order chi connectivity index (χ1) is 8.69. The zero-order valence-electron chi connectivity index (χ0n) is 10.6. The fourth-order valence-electron chi connectivity index (χ4n) is 2.19. The van der Waals surface area contributed by atoms with E-state index in [0.717, 1.165) is 10.9 Å². The maximum Gasteiger partial charge on any atom is 0.310 e. The third kappa shape index (κ3) is 2.26. The molecule has 1 aromatic heterocycles. The van der Waals surface area contributed by atoms with E-state index in [1.165, 1.54) is 11.8 Å². The number of carbonyl (C=O) groups excluding carboxylic acids is 1. The Bertz CT molecular complexity index is 549. The van der Waals surface area contributed by atoms with Gasteiger partial charge in [0.05, 0.1) is 13.0 Å². The molecule has 1 aromatic carbocycles. The van der Waals surface area contributed by atoms with Gasteiger partial charge in [0.2, 0.25) is 0 Å². The van der Waals surface area contributed by atoms with E-state index in [0.29, 0.717) is 6.42 Å². The van der Waals surface area contributed by atoms with Gasteiger partial charge < -0.3 is 10.5 Å². The van der Waals surface area contributed by atoms with Crippen LogP contribution < -0.4 is 5.73 Å². The lowest BCUT2D eigenvalue weighted by Crippen LogP contribution is -2.28. The quantitative estimate of drug-likeness (QED) is 0.862. The zero-order valence-corrected chi connectivity index (χ0v) is 11.4. The molecule has 0 fully saturated rings. The van der Waals surface area contributed by atoms with Crippen molar-refractivity contribution in [2.75, 3.05) is 7.11 Å². The molecular formula is C14H17NO2S. The van der Waals surface area contributed by atoms with Gasteiger partial charge in [0, 0.05) is 10.7 Å². The van der Waals surface area contributed by atoms with Gasteiger partial charge >= 0.3 is 5.97 Å². The van der Waals surface area contributed by atoms with Crippen LogP contribution in [-0.2, 0) is 9.53 Å². The Hall–Kier alpha value is -1.39. The lowest BCUT2D eigenvalue weighted by Gasteiger charge is -2.20. The smallest absolute Gasteiger partial charge is 0.310 e. The number of benzene rings is 1. The Labute approximate surface area is 111 Å². The number of methoxy groups -OCH3 is 1. The molecule has 2 unspecified atom stereocenters. The first kappa shape index (κ1) is 13.1. The number of carbonyl (C=O) groups is 1. The van der Waals surface area contributed by atoms with E-state index in [9.17, 15) is 4.79 Å². The lowest BCUT2D eigenvalue weighted by atomic mass is 9.91. The number of thiophene rings is 1. The second-order valence-electron chi connectivity index (χ2n) is 4.25. The van der Waals surface area contributed by atoms with Gasteiger partial charge in [0.1, 0.15) is 0 Å². The van der Waals surface area contributed by atoms with Crippen LogP contribution in [0.25, 0.3) is 10.1 Å². The molecule has 1 heterocycles. The summed E-state index contributed by atoms with van der Waals surface area (Å²) in [5, 5.41) is 3.18. The van der Waals surface area contributed by atoms with Crippen LogP contribution in [0.15, 0.2) is 29.6 Å². The van der Waals surface area contributed by atoms with Gasteiger partial charge in [-0.2, -0.15) is 0 Å². The lowest BCUT2D eigenvalue weighted by molar-refractivity contribution is -0.146. The van der Waals surface area contributed by atoms with Gasteiger partial charge in [-0.3, -0.25) is 4.79 Å². The molecule has 2 rings (SSSR count). The molecule has 3 nitrogen and oxygen atoms in total. The van der Waals surface area contributed by atoms with Gasteiger partial charge in [-0.25, -0.2) is 0 Å². The second-order valence-corrected chi connectivity index (χ2v) is 5.16. The summed E-state index contributed by atoms with van der Waals surface area (Å²) in [6, 6.07) is 7.80. The molecule has 2 N–H and O–H groups in total. The molecule has 0 bridgehead atoms. The van der Waals surface area contributed by atoms with Crippen molar-refractivity contribution in [2.24, 2.45) is 11.7 Å². The number of rotatable bonds is 4. The fourth-order valence-corrected chi connectivity index (χ4v) is 3.20. The molecule has 0 spiro atoms. The maximum atomic E-state index is 11.7. The molecule has 0 aliphatic rings. The van der Waals surface area contributed by atoms with Gasteiger partial charge in [-0.15, -0.1) is 11.3 Å². The van der Waals surface area contributed by atoms with Crippen LogP contribution in [0.3, 0.4) is 0 Å². The van der Waals surface area contributed by atoms with Gasteiger partial charge in [-0.05, 0) is 28.8 Å². The van der Waals surface area contributed by atoms with Crippen LogP contribution in [0.4, 0.5) is 0 Å². The van der Waals surface area contributed by atoms with Crippen LogP contribution in [0, 0.1) is 5.92 Å². The highest BCUT2D eigenvalue weighted by molar-refractivity contribution is 7.17. The molecule has 18 heavy (non-hydrogen) atoms. The number of esters is 1. The van der Waals surface area contributed by atoms with E-state index >= 15 is 0 Å². The molecule has 0 aliphatic heterocycles. The molecule has 0 saturated carbocycles. The molecule has 0 saturated heterocycles. The standard InChI is InChI=1S/C14H17NO2S/c1-3-9(14(16)17-2)13(15)11-8-18-12-7-5-4-6-10(11)12/h4-9,13H,3,15H2,1-2H3. The summed E-state index contributed by atoms with van der Waals surface area (Å²) >= 11 is 1.66. The van der Waals surface area contributed by atoms with Gasteiger partial charge in [-0.1, -0.05) is 25.1 Å². The van der Waals surface area contributed by atoms with E-state index in [2.05, 4.69) is 6.07 Å². The Morgan fingerprint density at radius 3 is 2.83 bits per heavy atom. The van der Waals surface area contributed by atoms with E-state index in [-0.39, 0.29) is 17.9 Å². The van der Waals surface area contributed by atoms with Crippen LogP contribution >= 0.6 is 11.3 Å². The van der Waals surface area contributed by atoms with Crippen molar-refractivity contribution in [2.45, 2.75) is 19.4 Å². The first-order valence-electron chi connectivity index (χ1n) is 5.98. The van der Waals surface area contributed by atoms with E-state index in [1.807, 2.05) is 30.5 Å². The van der Waals surface area contributed by atoms with Crippen molar-refractivity contribution in [1.82, 2.24) is 0 Å². The van der Waals surface area contributed by atoms with Crippen LogP contribution in [0.2, 0.25) is 0 Å². The monoisotopic (exact) mass is 263 g/mol. The van der Waals surface area contributed by atoms with Crippen molar-refractivity contribution >= 4 is 27.4 Å². The first-order valence-corrected chi connectivity index (χ1v) is 6.86. The summed E-state index contributed by atoms with van der Waals surface area (Å²) in [6.45, 7) is 1.95. The fraction of sp³-hybridized carbons (Fsp3) is 0.357. The highest BCUT2D eigenvalue weighted by Crippen LogP contribution is 2.33. The predicted octanol–water partition coefficient (Wildman–Crippen LogP) is 3.10. The summed E-state index contributed by atoms with van der Waals surface area (Å²) in [5.41, 5.74) is 7.28. The average molecular weight is 263 g/mol. The summed E-state index contributed by atoms with van der Waals surface area (Å²) in [4.78, 5) is 11.7. The van der Waals surface area contributed by atoms with Crippen LogP contribution in [0.5, 0.6) is 0 Å². The Kier molecular flexibility index (Phi) is 3.99. The van der Waals surface area contributed by atoms with Crippen molar-refractivity contribution in [3.05, 3.63) is 35.2 Å². The Morgan fingerprint density at radius 2 is 2.17 bits per heavy atom. The topological polar surface area (TPSA) is 52.3 Å². The van der Waals surface area contributed by atoms with E-state index < -0.39 is 0 Å². The van der Waals surface area contributed by atoms with Crippen molar-refractivity contribution in [3.63, 3.8) is 0 Å². The minimum Gasteiger partial charge on any atom is -0.469 e. The molecule has 4 heteroatoms. The highest BCUT2D eigenvalue weighted by atomic mass is 32.1. The summed E-state index contributed by atoms with van der Waals surface area (Å²) in [6.07, 6.45) is 0.679. The third-order valence-electron chi connectivity index (χ3n) is 3.25. The summed E-state index contributed by atoms with van der Waals surface area (Å²) < 4.78 is 6.02. The number of hydrogen-bond donors (Lipinski definition) is 1. The molecule has 2 atom stereocenters. The van der Waals surface area contributed by atoms with Gasteiger partial charge in [0.25, 0.3) is 0 Å². The zero-order chi connectivity index (χ0) is 13.1. The number of hydrogen-bond acceptors (Lipinski definition) is 4. The summed E-state index contributed by atoms with van der Waals surface area (Å²) in [5.74, 6) is -0.520. The largest absolute Gasteiger partial charge is 0.469 e. The normalized spacial score (nSPS) is 14.4. The second kappa shape index (κ2) is 5.50. The molecular weight excluding hydrogens is 246 g/mol. The van der Waals surface area contributed by atoms with Crippen molar-refractivity contribution in [1.29, 1.82) is 0 Å². The van der Waals surface area contributed by atoms with Crippen LogP contribution in [-0.4, -0.2) is 13.1 Å². The minimum atomic E-state index is -0.307. The molecule has 0 aliphatic carbocycles. The molecule has 96 valence electrons. The van der Waals surface area contributed by atoms with Crippen molar-refractivity contribution in [3.8, 4) is 0 Å². The molecule has 0 amide bonds. The number of fused-ring (bicyclic) bond motifs is 1. The predicted molar refractivity (Wildman–Crippen MR) is 74.6 cm³/mol. The maximum absolute atomic E-state index is 11.7. The van der Waals surface area contributed by atoms with Crippen molar-refractivity contribution < 1.29 is 9.53 Å².